The summed E-state index contributed by atoms with van der Waals surface area (Å²) >= 11 is 0. The van der Waals surface area contributed by atoms with Crippen LogP contribution in [0.3, 0.4) is 0 Å². The van der Waals surface area contributed by atoms with Crippen LogP contribution in [0, 0.1) is 6.92 Å². The maximum atomic E-state index is 13.3. The van der Waals surface area contributed by atoms with E-state index in [0.29, 0.717) is 25.2 Å². The third kappa shape index (κ3) is 7.87. The van der Waals surface area contributed by atoms with Crippen molar-refractivity contribution in [1.29, 1.82) is 0 Å². The molecule has 0 unspecified atom stereocenters. The van der Waals surface area contributed by atoms with Crippen molar-refractivity contribution in [2.75, 3.05) is 19.6 Å². The molecule has 1 amide bonds. The van der Waals surface area contributed by atoms with E-state index in [1.807, 2.05) is 32.6 Å². The Morgan fingerprint density at radius 1 is 1.21 bits per heavy atom. The van der Waals surface area contributed by atoms with Crippen LogP contribution < -0.4 is 0 Å². The van der Waals surface area contributed by atoms with Gasteiger partial charge in [-0.3, -0.25) is 4.90 Å². The minimum atomic E-state index is -4.37. The summed E-state index contributed by atoms with van der Waals surface area (Å²) in [4.78, 5) is 32.1. The number of halogens is 3. The fourth-order valence-corrected chi connectivity index (χ4v) is 3.10. The van der Waals surface area contributed by atoms with Gasteiger partial charge >= 0.3 is 18.4 Å². The lowest BCUT2D eigenvalue weighted by Crippen LogP contribution is -2.54. The van der Waals surface area contributed by atoms with E-state index in [2.05, 4.69) is 0 Å². The molecule has 1 aliphatic heterocycles. The molecule has 2 rings (SSSR count). The second-order valence-corrected chi connectivity index (χ2v) is 8.00. The van der Waals surface area contributed by atoms with Crippen molar-refractivity contribution in [1.82, 2.24) is 9.80 Å². The first-order valence-corrected chi connectivity index (χ1v) is 9.16. The number of carbonyl (C=O) groups excluding carboxylic acids is 3. The predicted molar refractivity (Wildman–Crippen MR) is 98.9 cm³/mol. The molecule has 1 heterocycles. The first-order chi connectivity index (χ1) is 13.3. The van der Waals surface area contributed by atoms with Gasteiger partial charge in [-0.15, -0.1) is 0 Å². The van der Waals surface area contributed by atoms with Gasteiger partial charge in [-0.05, 0) is 46.2 Å². The molecule has 9 heteroatoms. The van der Waals surface area contributed by atoms with E-state index in [4.69, 9.17) is 14.3 Å². The number of nitrogens with zero attached hydrogens (tertiary/aromatic N) is 2. The van der Waals surface area contributed by atoms with Crippen LogP contribution in [0.1, 0.15) is 44.4 Å². The molecule has 0 spiro atoms. The van der Waals surface area contributed by atoms with Crippen LogP contribution in [0.25, 0.3) is 0 Å². The predicted octanol–water partition coefficient (Wildman–Crippen LogP) is 3.87. The monoisotopic (exact) mass is 416 g/mol. The molecular formula is C20H27F3N2O4. The van der Waals surface area contributed by atoms with Crippen LogP contribution >= 0.6 is 0 Å². The number of rotatable bonds is 2. The fraction of sp³-hybridized carbons (Fsp3) is 0.600. The van der Waals surface area contributed by atoms with Gasteiger partial charge < -0.3 is 9.64 Å². The molecule has 0 radical (unpaired) electrons. The Morgan fingerprint density at radius 2 is 1.79 bits per heavy atom. The van der Waals surface area contributed by atoms with Gasteiger partial charge in [0.25, 0.3) is 0 Å². The van der Waals surface area contributed by atoms with Crippen molar-refractivity contribution in [2.45, 2.75) is 59.0 Å². The van der Waals surface area contributed by atoms with Gasteiger partial charge in [-0.1, -0.05) is 17.7 Å². The lowest BCUT2D eigenvalue weighted by Gasteiger charge is -2.40. The summed E-state index contributed by atoms with van der Waals surface area (Å²) in [7, 11) is 0. The highest BCUT2D eigenvalue weighted by Crippen LogP contribution is 2.33. The van der Waals surface area contributed by atoms with E-state index in [0.717, 1.165) is 0 Å². The number of carbonyl (C=O) groups is 1. The van der Waals surface area contributed by atoms with E-state index in [1.54, 1.807) is 24.0 Å². The number of piperazine rings is 1. The second-order valence-electron chi connectivity index (χ2n) is 8.00. The molecular weight excluding hydrogens is 389 g/mol. The van der Waals surface area contributed by atoms with Crippen LogP contribution in [0.15, 0.2) is 18.2 Å². The van der Waals surface area contributed by atoms with Crippen molar-refractivity contribution < 1.29 is 32.3 Å². The second kappa shape index (κ2) is 9.89. The van der Waals surface area contributed by atoms with Gasteiger partial charge in [0, 0.05) is 32.2 Å². The zero-order chi connectivity index (χ0) is 22.4. The van der Waals surface area contributed by atoms with Gasteiger partial charge in [0.1, 0.15) is 5.60 Å². The Hall–Kier alpha value is -2.38. The Bertz CT molecular complexity index is 738. The summed E-state index contributed by atoms with van der Waals surface area (Å²) in [6.45, 7) is 10.6. The molecule has 162 valence electrons. The number of hydrogen-bond donors (Lipinski definition) is 0. The molecule has 1 fully saturated rings. The minimum absolute atomic E-state index is 0.126. The van der Waals surface area contributed by atoms with Crippen molar-refractivity contribution >= 4 is 12.2 Å². The Balaban J connectivity index is 0.00000132. The lowest BCUT2D eigenvalue weighted by atomic mass is 10.0. The minimum Gasteiger partial charge on any atom is -0.444 e. The maximum Gasteiger partial charge on any atom is 0.416 e. The lowest BCUT2D eigenvalue weighted by molar-refractivity contribution is -0.191. The van der Waals surface area contributed by atoms with E-state index in [-0.39, 0.29) is 30.4 Å². The van der Waals surface area contributed by atoms with Crippen molar-refractivity contribution in [3.05, 3.63) is 34.9 Å². The van der Waals surface area contributed by atoms with Crippen LogP contribution in [0.4, 0.5) is 18.0 Å². The van der Waals surface area contributed by atoms with Crippen LogP contribution in [0.5, 0.6) is 0 Å². The Morgan fingerprint density at radius 3 is 2.28 bits per heavy atom. The molecule has 1 atom stereocenters. The summed E-state index contributed by atoms with van der Waals surface area (Å²) in [5.74, 6) is 0. The molecule has 0 aromatic heterocycles. The summed E-state index contributed by atoms with van der Waals surface area (Å²) in [5.41, 5.74) is -0.304. The molecule has 0 N–H and O–H groups in total. The number of ether oxygens (including phenoxy) is 1. The molecule has 0 aliphatic carbocycles. The molecule has 1 aliphatic rings. The average molecular weight is 416 g/mol. The zero-order valence-corrected chi connectivity index (χ0v) is 17.3. The number of hydrogen-bond acceptors (Lipinski definition) is 5. The van der Waals surface area contributed by atoms with Crippen LogP contribution in [-0.4, -0.2) is 53.3 Å². The number of aryl methyl sites for hydroxylation is 1. The summed E-state index contributed by atoms with van der Waals surface area (Å²) in [6, 6.07) is 4.31. The third-order valence-electron chi connectivity index (χ3n) is 4.30. The summed E-state index contributed by atoms with van der Waals surface area (Å²) < 4.78 is 45.3. The average Bonchev–Trinajstić information content (AvgIpc) is 2.54. The van der Waals surface area contributed by atoms with Crippen molar-refractivity contribution in [2.24, 2.45) is 0 Å². The topological polar surface area (TPSA) is 66.9 Å². The first kappa shape index (κ1) is 24.7. The molecule has 1 aromatic carbocycles. The largest absolute Gasteiger partial charge is 0.444 e. The number of amides is 1. The highest BCUT2D eigenvalue weighted by atomic mass is 19.4. The van der Waals surface area contributed by atoms with E-state index in [1.165, 1.54) is 6.07 Å². The van der Waals surface area contributed by atoms with E-state index < -0.39 is 17.3 Å². The highest BCUT2D eigenvalue weighted by Gasteiger charge is 2.35. The smallest absolute Gasteiger partial charge is 0.416 e. The maximum absolute atomic E-state index is 13.3. The molecule has 1 aromatic rings. The molecule has 1 saturated heterocycles. The molecule has 6 nitrogen and oxygen atoms in total. The van der Waals surface area contributed by atoms with Gasteiger partial charge in [0.05, 0.1) is 5.56 Å². The first-order valence-electron chi connectivity index (χ1n) is 9.16. The van der Waals surface area contributed by atoms with Crippen molar-refractivity contribution in [3.8, 4) is 0 Å². The van der Waals surface area contributed by atoms with Gasteiger partial charge in [-0.2, -0.15) is 22.8 Å². The van der Waals surface area contributed by atoms with Crippen LogP contribution in [-0.2, 0) is 27.0 Å². The third-order valence-corrected chi connectivity index (χ3v) is 4.30. The van der Waals surface area contributed by atoms with E-state index in [9.17, 15) is 18.0 Å². The SMILES string of the molecule is Cc1ccc(CN2CCN(C(=O)OC(C)(C)C)[C@@H](C)C2)c(C(F)(F)F)c1.O=C=O. The Kier molecular flexibility index (Phi) is 8.41. The fourth-order valence-electron chi connectivity index (χ4n) is 3.10. The molecule has 0 saturated carbocycles. The standard InChI is InChI=1S/C19H27F3N2O2.CO2/c1-13-6-7-15(16(10-13)19(20,21)22)12-23-8-9-24(14(2)11-23)17(25)26-18(3,4)5;2-1-3/h6-7,10,14H,8-9,11-12H2,1-5H3;/t14-;/m0./s1. The Labute approximate surface area is 168 Å². The quantitative estimate of drug-likeness (QED) is 0.732. The number of alkyl halides is 3. The van der Waals surface area contributed by atoms with Gasteiger partial charge in [0.15, 0.2) is 0 Å². The van der Waals surface area contributed by atoms with Crippen molar-refractivity contribution in [3.63, 3.8) is 0 Å². The summed E-state index contributed by atoms with van der Waals surface area (Å²) in [5, 5.41) is 0. The zero-order valence-electron chi connectivity index (χ0n) is 17.3. The van der Waals surface area contributed by atoms with Gasteiger partial charge in [0.2, 0.25) is 0 Å². The number of benzene rings is 1. The van der Waals surface area contributed by atoms with Crippen LogP contribution in [0.2, 0.25) is 0 Å². The van der Waals surface area contributed by atoms with Gasteiger partial charge in [-0.25, -0.2) is 4.79 Å². The molecule has 0 bridgehead atoms. The normalized spacial score (nSPS) is 17.8. The summed E-state index contributed by atoms with van der Waals surface area (Å²) in [6.07, 6.45) is -4.50. The molecule has 29 heavy (non-hydrogen) atoms. The highest BCUT2D eigenvalue weighted by molar-refractivity contribution is 5.68. The van der Waals surface area contributed by atoms with E-state index >= 15 is 0 Å².